The maximum atomic E-state index is 12.5. The predicted octanol–water partition coefficient (Wildman–Crippen LogP) is 2.31. The van der Waals surface area contributed by atoms with E-state index in [0.717, 1.165) is 4.68 Å². The highest BCUT2D eigenvalue weighted by atomic mass is 35.5. The molecule has 0 saturated carbocycles. The first-order valence-corrected chi connectivity index (χ1v) is 5.06. The van der Waals surface area contributed by atoms with Crippen LogP contribution in [0.3, 0.4) is 0 Å². The largest absolute Gasteiger partial charge is 0.399 e. The van der Waals surface area contributed by atoms with Gasteiger partial charge in [-0.1, -0.05) is 23.8 Å². The average molecular weight is 272 g/mol. The summed E-state index contributed by atoms with van der Waals surface area (Å²) in [4.78, 5) is -0.600. The van der Waals surface area contributed by atoms with E-state index in [1.807, 2.05) is 0 Å². The fourth-order valence-electron chi connectivity index (χ4n) is 1.13. The second-order valence-electron chi connectivity index (χ2n) is 3.28. The van der Waals surface area contributed by atoms with Crippen LogP contribution in [0.25, 0.3) is 0 Å². The van der Waals surface area contributed by atoms with Crippen LogP contribution in [0.2, 0.25) is 5.02 Å². The molecule has 0 amide bonds. The number of aryl methyl sites for hydroxylation is 1. The molecule has 0 saturated heterocycles. The van der Waals surface area contributed by atoms with Crippen LogP contribution in [0.4, 0.5) is 13.2 Å². The molecule has 1 unspecified atom stereocenters. The molecule has 3 nitrogen and oxygen atoms in total. The molecule has 1 rings (SSSR count). The number of nitrogens with two attached hydrogens (primary N) is 1. The van der Waals surface area contributed by atoms with Gasteiger partial charge in [-0.15, -0.1) is 0 Å². The van der Waals surface area contributed by atoms with E-state index in [9.17, 15) is 13.2 Å². The highest BCUT2D eigenvalue weighted by Crippen LogP contribution is 2.28. The number of hydrogen-bond acceptors (Lipinski definition) is 2. The minimum atomic E-state index is -4.47. The van der Waals surface area contributed by atoms with Crippen molar-refractivity contribution in [2.24, 2.45) is 11.7 Å². The summed E-state index contributed by atoms with van der Waals surface area (Å²) in [7, 11) is 0. The summed E-state index contributed by atoms with van der Waals surface area (Å²) < 4.78 is 38.7. The summed E-state index contributed by atoms with van der Waals surface area (Å²) >= 11 is 10.1. The normalized spacial score (nSPS) is 13.8. The van der Waals surface area contributed by atoms with Crippen molar-refractivity contribution in [1.29, 1.82) is 0 Å². The van der Waals surface area contributed by atoms with Gasteiger partial charge in [0.25, 0.3) is 0 Å². The van der Waals surface area contributed by atoms with Crippen LogP contribution in [0.1, 0.15) is 5.69 Å². The Morgan fingerprint density at radius 2 is 2.25 bits per heavy atom. The van der Waals surface area contributed by atoms with Gasteiger partial charge in [0.05, 0.1) is 22.2 Å². The van der Waals surface area contributed by atoms with Gasteiger partial charge in [-0.05, 0) is 6.92 Å². The van der Waals surface area contributed by atoms with E-state index in [1.165, 1.54) is 6.20 Å². The van der Waals surface area contributed by atoms with Crippen molar-refractivity contribution in [1.82, 2.24) is 9.78 Å². The lowest BCUT2D eigenvalue weighted by molar-refractivity contribution is -0.158. The van der Waals surface area contributed by atoms with Gasteiger partial charge < -0.3 is 5.73 Å². The summed E-state index contributed by atoms with van der Waals surface area (Å²) in [6.45, 7) is 1.15. The van der Waals surface area contributed by atoms with Gasteiger partial charge in [-0.2, -0.15) is 18.3 Å². The molecule has 2 N–H and O–H groups in total. The van der Waals surface area contributed by atoms with E-state index in [-0.39, 0.29) is 0 Å². The molecule has 0 spiro atoms. The molecular weight excluding hydrogens is 263 g/mol. The summed E-state index contributed by atoms with van der Waals surface area (Å²) in [6.07, 6.45) is -3.16. The third-order valence-electron chi connectivity index (χ3n) is 1.99. The highest BCUT2D eigenvalue weighted by molar-refractivity contribution is 7.80. The molecule has 0 radical (unpaired) electrons. The van der Waals surface area contributed by atoms with Crippen LogP contribution in [0.5, 0.6) is 0 Å². The zero-order chi connectivity index (χ0) is 12.5. The van der Waals surface area contributed by atoms with Gasteiger partial charge >= 0.3 is 6.18 Å². The maximum Gasteiger partial charge on any atom is 0.399 e. The van der Waals surface area contributed by atoms with Crippen LogP contribution in [0.15, 0.2) is 6.20 Å². The second-order valence-corrected chi connectivity index (χ2v) is 4.16. The topological polar surface area (TPSA) is 43.8 Å². The Hall–Kier alpha value is -0.820. The predicted molar refractivity (Wildman–Crippen MR) is 58.3 cm³/mol. The van der Waals surface area contributed by atoms with Gasteiger partial charge in [-0.3, -0.25) is 4.68 Å². The standard InChI is InChI=1S/C8H9ClF3N3S/c1-4-6(9)3-15(14-4)2-5(7(13)16)8(10,11)12/h3,5H,2H2,1H3,(H2,13,16). The minimum Gasteiger partial charge on any atom is -0.393 e. The molecule has 0 aliphatic heterocycles. The lowest BCUT2D eigenvalue weighted by Gasteiger charge is -2.18. The molecule has 0 fully saturated rings. The van der Waals surface area contributed by atoms with Gasteiger partial charge in [-0.25, -0.2) is 0 Å². The Kier molecular flexibility index (Phi) is 3.80. The van der Waals surface area contributed by atoms with E-state index in [4.69, 9.17) is 17.3 Å². The first-order valence-electron chi connectivity index (χ1n) is 4.27. The minimum absolute atomic E-state index is 0.309. The van der Waals surface area contributed by atoms with Gasteiger partial charge in [0.1, 0.15) is 5.92 Å². The Morgan fingerprint density at radius 1 is 1.69 bits per heavy atom. The van der Waals surface area contributed by atoms with E-state index < -0.39 is 23.6 Å². The Balaban J connectivity index is 2.88. The number of halogens is 4. The van der Waals surface area contributed by atoms with Crippen LogP contribution in [-0.4, -0.2) is 20.9 Å². The van der Waals surface area contributed by atoms with E-state index >= 15 is 0 Å². The highest BCUT2D eigenvalue weighted by Gasteiger charge is 2.42. The molecule has 8 heteroatoms. The Bertz CT molecular complexity index is 382. The molecule has 0 aliphatic rings. The molecule has 1 aromatic rings. The molecule has 1 aromatic heterocycles. The molecule has 90 valence electrons. The van der Waals surface area contributed by atoms with Crippen molar-refractivity contribution in [2.75, 3.05) is 0 Å². The maximum absolute atomic E-state index is 12.5. The number of hydrogen-bond donors (Lipinski definition) is 1. The van der Waals surface area contributed by atoms with Crippen molar-refractivity contribution < 1.29 is 13.2 Å². The summed E-state index contributed by atoms with van der Waals surface area (Å²) in [5.41, 5.74) is 5.52. The fourth-order valence-corrected chi connectivity index (χ4v) is 1.49. The van der Waals surface area contributed by atoms with E-state index in [1.54, 1.807) is 6.92 Å². The number of aromatic nitrogens is 2. The monoisotopic (exact) mass is 271 g/mol. The van der Waals surface area contributed by atoms with Gasteiger partial charge in [0.2, 0.25) is 0 Å². The second kappa shape index (κ2) is 4.58. The smallest absolute Gasteiger partial charge is 0.393 e. The Morgan fingerprint density at radius 3 is 2.56 bits per heavy atom. The van der Waals surface area contributed by atoms with Crippen molar-refractivity contribution in [3.8, 4) is 0 Å². The average Bonchev–Trinajstić information content (AvgIpc) is 2.40. The number of rotatable bonds is 3. The molecule has 0 bridgehead atoms. The van der Waals surface area contributed by atoms with Gasteiger partial charge in [0.15, 0.2) is 0 Å². The molecular formula is C8H9ClF3N3S. The lowest BCUT2D eigenvalue weighted by Crippen LogP contribution is -2.37. The molecule has 1 heterocycles. The van der Waals surface area contributed by atoms with Crippen LogP contribution < -0.4 is 5.73 Å². The number of nitrogens with zero attached hydrogens (tertiary/aromatic N) is 2. The third kappa shape index (κ3) is 3.08. The van der Waals surface area contributed by atoms with E-state index in [2.05, 4.69) is 17.3 Å². The number of alkyl halides is 3. The SMILES string of the molecule is Cc1nn(CC(C(N)=S)C(F)(F)F)cc1Cl. The first kappa shape index (κ1) is 13.2. The van der Waals surface area contributed by atoms with Crippen molar-refractivity contribution in [2.45, 2.75) is 19.6 Å². The quantitative estimate of drug-likeness (QED) is 0.858. The van der Waals surface area contributed by atoms with Crippen LogP contribution in [-0.2, 0) is 6.54 Å². The van der Waals surface area contributed by atoms with Gasteiger partial charge in [0, 0.05) is 6.20 Å². The molecule has 0 aromatic carbocycles. The summed E-state index contributed by atoms with van der Waals surface area (Å²) in [5, 5.41) is 4.12. The lowest BCUT2D eigenvalue weighted by atomic mass is 10.1. The molecule has 16 heavy (non-hydrogen) atoms. The zero-order valence-corrected chi connectivity index (χ0v) is 9.83. The van der Waals surface area contributed by atoms with Crippen LogP contribution >= 0.6 is 23.8 Å². The molecule has 0 aliphatic carbocycles. The summed E-state index contributed by atoms with van der Waals surface area (Å²) in [6, 6.07) is 0. The fraction of sp³-hybridized carbons (Fsp3) is 0.500. The Labute approximate surface area is 100 Å². The van der Waals surface area contributed by atoms with E-state index in [0.29, 0.717) is 10.7 Å². The zero-order valence-electron chi connectivity index (χ0n) is 8.25. The van der Waals surface area contributed by atoms with Crippen molar-refractivity contribution in [3.05, 3.63) is 16.9 Å². The first-order chi connectivity index (χ1) is 7.21. The summed E-state index contributed by atoms with van der Waals surface area (Å²) in [5.74, 6) is -1.89. The number of thiocarbonyl (C=S) groups is 1. The molecule has 1 atom stereocenters. The van der Waals surface area contributed by atoms with Crippen molar-refractivity contribution >= 4 is 28.8 Å². The van der Waals surface area contributed by atoms with Crippen LogP contribution in [0, 0.1) is 12.8 Å². The van der Waals surface area contributed by atoms with Crippen molar-refractivity contribution in [3.63, 3.8) is 0 Å². The third-order valence-corrected chi connectivity index (χ3v) is 2.65.